The number of fused-ring (bicyclic) bond motifs is 1. The number of carbonyl (C=O) groups excluding carboxylic acids is 2. The SMILES string of the molecule is CCCCCCCCCCCCCCCCCCNC(=O)C1(C(=O)NCC)Nc2cccc3ccc(/N=N/c4ccc(/N=N/c5ccccc5)c5ccccc45)c(c23)N1. The van der Waals surface area contributed by atoms with E-state index < -0.39 is 17.5 Å². The van der Waals surface area contributed by atoms with Crippen LogP contribution in [0.15, 0.2) is 118 Å². The van der Waals surface area contributed by atoms with E-state index in [2.05, 4.69) is 38.4 Å². The third-order valence-corrected chi connectivity index (χ3v) is 11.2. The Balaban J connectivity index is 1.08. The van der Waals surface area contributed by atoms with Crippen molar-refractivity contribution >= 4 is 67.5 Å². The number of unbranched alkanes of at least 4 members (excludes halogenated alkanes) is 15. The van der Waals surface area contributed by atoms with Gasteiger partial charge in [-0.05, 0) is 55.1 Å². The fraction of sp³-hybridized carbons (Fsp3) is 0.429. The van der Waals surface area contributed by atoms with Crippen molar-refractivity contribution in [2.24, 2.45) is 20.5 Å². The summed E-state index contributed by atoms with van der Waals surface area (Å²) in [5, 5.41) is 34.5. The first-order valence-electron chi connectivity index (χ1n) is 22.1. The van der Waals surface area contributed by atoms with Crippen molar-refractivity contribution < 1.29 is 9.59 Å². The van der Waals surface area contributed by atoms with Gasteiger partial charge in [0.25, 0.3) is 17.5 Å². The largest absolute Gasteiger partial charge is 0.352 e. The van der Waals surface area contributed by atoms with Gasteiger partial charge in [0.2, 0.25) is 0 Å². The molecule has 4 N–H and O–H groups in total. The van der Waals surface area contributed by atoms with Crippen molar-refractivity contribution in [2.75, 3.05) is 23.7 Å². The lowest BCUT2D eigenvalue weighted by Gasteiger charge is -2.38. The van der Waals surface area contributed by atoms with E-state index in [0.717, 1.165) is 52.2 Å². The van der Waals surface area contributed by atoms with Crippen LogP contribution in [0.25, 0.3) is 21.5 Å². The van der Waals surface area contributed by atoms with E-state index in [0.29, 0.717) is 35.8 Å². The van der Waals surface area contributed by atoms with E-state index in [1.54, 1.807) is 0 Å². The van der Waals surface area contributed by atoms with Crippen LogP contribution in [-0.4, -0.2) is 30.6 Å². The number of anilines is 2. The van der Waals surface area contributed by atoms with Gasteiger partial charge in [-0.1, -0.05) is 164 Å². The first-order valence-corrected chi connectivity index (χ1v) is 22.1. The van der Waals surface area contributed by atoms with E-state index in [1.807, 2.05) is 104 Å². The van der Waals surface area contributed by atoms with Crippen LogP contribution in [0.3, 0.4) is 0 Å². The Morgan fingerprint density at radius 3 is 1.64 bits per heavy atom. The summed E-state index contributed by atoms with van der Waals surface area (Å²) in [5.41, 5.74) is 2.07. The Hall–Kier alpha value is -5.64. The molecule has 2 amide bonds. The minimum atomic E-state index is -1.80. The molecule has 59 heavy (non-hydrogen) atoms. The molecule has 1 aliphatic heterocycles. The molecule has 0 spiro atoms. The van der Waals surface area contributed by atoms with Crippen LogP contribution in [0.1, 0.15) is 117 Å². The number of likely N-dealkylation sites (N-methyl/N-ethyl adjacent to an activating group) is 1. The molecule has 0 aromatic heterocycles. The second-order valence-electron chi connectivity index (χ2n) is 15.7. The predicted molar refractivity (Wildman–Crippen MR) is 244 cm³/mol. The van der Waals surface area contributed by atoms with Crippen LogP contribution in [0.5, 0.6) is 0 Å². The highest BCUT2D eigenvalue weighted by Crippen LogP contribution is 2.44. The Morgan fingerprint density at radius 2 is 1.03 bits per heavy atom. The Morgan fingerprint density at radius 1 is 0.508 bits per heavy atom. The summed E-state index contributed by atoms with van der Waals surface area (Å²) >= 11 is 0. The van der Waals surface area contributed by atoms with Gasteiger partial charge in [0.15, 0.2) is 0 Å². The maximum Gasteiger partial charge on any atom is 0.276 e. The molecule has 1 unspecified atom stereocenters. The second kappa shape index (κ2) is 22.5. The van der Waals surface area contributed by atoms with Crippen LogP contribution in [0, 0.1) is 0 Å². The van der Waals surface area contributed by atoms with Crippen LogP contribution in [0.4, 0.5) is 34.1 Å². The van der Waals surface area contributed by atoms with Gasteiger partial charge in [0, 0.05) is 34.9 Å². The van der Waals surface area contributed by atoms with Gasteiger partial charge in [-0.2, -0.15) is 5.11 Å². The number of hydrogen-bond donors (Lipinski definition) is 4. The van der Waals surface area contributed by atoms with Crippen molar-refractivity contribution in [1.29, 1.82) is 0 Å². The summed E-state index contributed by atoms with van der Waals surface area (Å²) in [7, 11) is 0. The molecule has 0 fully saturated rings. The maximum atomic E-state index is 14.2. The molecule has 10 heteroatoms. The third-order valence-electron chi connectivity index (χ3n) is 11.2. The summed E-state index contributed by atoms with van der Waals surface area (Å²) in [5.74, 6) is -0.907. The number of nitrogens with one attached hydrogen (secondary N) is 4. The summed E-state index contributed by atoms with van der Waals surface area (Å²) < 4.78 is 0. The molecule has 1 atom stereocenters. The van der Waals surface area contributed by atoms with Crippen LogP contribution in [0.2, 0.25) is 0 Å². The van der Waals surface area contributed by atoms with Crippen molar-refractivity contribution in [2.45, 2.75) is 122 Å². The first kappa shape index (κ1) is 43.0. The molecule has 0 aliphatic carbocycles. The van der Waals surface area contributed by atoms with Crippen LogP contribution < -0.4 is 21.3 Å². The zero-order valence-electron chi connectivity index (χ0n) is 35.1. The number of amides is 2. The van der Waals surface area contributed by atoms with Gasteiger partial charge < -0.3 is 21.3 Å². The molecule has 310 valence electrons. The van der Waals surface area contributed by atoms with E-state index in [-0.39, 0.29) is 0 Å². The normalized spacial score (nSPS) is 14.8. The van der Waals surface area contributed by atoms with E-state index in [4.69, 9.17) is 10.2 Å². The van der Waals surface area contributed by atoms with E-state index in [9.17, 15) is 9.59 Å². The van der Waals surface area contributed by atoms with Crippen molar-refractivity contribution in [3.8, 4) is 0 Å². The summed E-state index contributed by atoms with van der Waals surface area (Å²) in [6.07, 6.45) is 20.6. The standard InChI is InChI=1S/C49H62N8O2/c1-3-5-6-7-8-9-10-11-12-13-14-15-16-17-18-24-36-51-48(59)49(47(58)50-4-2)52-43-31-25-26-37-32-33-44(46(53-49)45(37)43)57-56-42-35-34-41(39-29-22-23-30-40(39)42)55-54-38-27-20-19-21-28-38/h19-23,25-35,52-53H,3-18,24,36H2,1-2H3,(H,50,58)(H,51,59)/b55-54+,57-56+. The molecule has 5 aromatic carbocycles. The molecule has 0 saturated heterocycles. The van der Waals surface area contributed by atoms with E-state index in [1.165, 1.54) is 83.5 Å². The Labute approximate surface area is 350 Å². The molecule has 1 heterocycles. The minimum Gasteiger partial charge on any atom is -0.352 e. The van der Waals surface area contributed by atoms with E-state index >= 15 is 0 Å². The predicted octanol–water partition coefficient (Wildman–Crippen LogP) is 13.9. The lowest BCUT2D eigenvalue weighted by atomic mass is 9.96. The molecule has 0 bridgehead atoms. The molecule has 0 saturated carbocycles. The number of carbonyl (C=O) groups is 2. The number of rotatable bonds is 24. The molecular formula is C49H62N8O2. The average molecular weight is 795 g/mol. The van der Waals surface area contributed by atoms with Crippen molar-refractivity contribution in [3.63, 3.8) is 0 Å². The average Bonchev–Trinajstić information content (AvgIpc) is 3.27. The van der Waals surface area contributed by atoms with Gasteiger partial charge in [0.1, 0.15) is 5.69 Å². The summed E-state index contributed by atoms with van der Waals surface area (Å²) in [6.45, 7) is 4.96. The second-order valence-corrected chi connectivity index (χ2v) is 15.7. The quantitative estimate of drug-likeness (QED) is 0.0281. The summed E-state index contributed by atoms with van der Waals surface area (Å²) in [6, 6.07) is 30.9. The molecule has 6 rings (SSSR count). The number of benzene rings is 5. The monoisotopic (exact) mass is 794 g/mol. The number of hydrogen-bond acceptors (Lipinski definition) is 8. The zero-order chi connectivity index (χ0) is 41.1. The third kappa shape index (κ3) is 11.5. The van der Waals surface area contributed by atoms with Gasteiger partial charge in [-0.15, -0.1) is 15.3 Å². The van der Waals surface area contributed by atoms with Gasteiger partial charge in [0.05, 0.1) is 22.7 Å². The van der Waals surface area contributed by atoms with Gasteiger partial charge in [-0.25, -0.2) is 0 Å². The minimum absolute atomic E-state index is 0.364. The zero-order valence-corrected chi connectivity index (χ0v) is 35.1. The summed E-state index contributed by atoms with van der Waals surface area (Å²) in [4.78, 5) is 28.1. The molecule has 10 nitrogen and oxygen atoms in total. The Kier molecular flexibility index (Phi) is 16.4. The topological polar surface area (TPSA) is 132 Å². The van der Waals surface area contributed by atoms with Crippen molar-refractivity contribution in [1.82, 2.24) is 10.6 Å². The Bertz CT molecular complexity index is 2190. The maximum absolute atomic E-state index is 14.2. The van der Waals surface area contributed by atoms with Crippen molar-refractivity contribution in [3.05, 3.63) is 97.1 Å². The lowest BCUT2D eigenvalue weighted by molar-refractivity contribution is -0.134. The number of azo groups is 2. The first-order chi connectivity index (χ1) is 29.0. The molecule has 1 aliphatic rings. The highest BCUT2D eigenvalue weighted by Gasteiger charge is 2.49. The lowest BCUT2D eigenvalue weighted by Crippen LogP contribution is -2.67. The molecule has 0 radical (unpaired) electrons. The highest BCUT2D eigenvalue weighted by molar-refractivity contribution is 6.21. The smallest absolute Gasteiger partial charge is 0.276 e. The van der Waals surface area contributed by atoms with Gasteiger partial charge in [-0.3, -0.25) is 9.59 Å². The van der Waals surface area contributed by atoms with Crippen LogP contribution in [-0.2, 0) is 9.59 Å². The van der Waals surface area contributed by atoms with Crippen LogP contribution >= 0.6 is 0 Å². The molecular weight excluding hydrogens is 733 g/mol. The highest BCUT2D eigenvalue weighted by atomic mass is 16.2. The molecule has 5 aromatic rings. The fourth-order valence-electron chi connectivity index (χ4n) is 7.89. The fourth-order valence-corrected chi connectivity index (χ4v) is 7.89. The number of nitrogens with zero attached hydrogens (tertiary/aromatic N) is 4. The van der Waals surface area contributed by atoms with Gasteiger partial charge >= 0.3 is 0 Å².